The fourth-order valence-electron chi connectivity index (χ4n) is 2.31. The van der Waals surface area contributed by atoms with Gasteiger partial charge in [0.2, 0.25) is 0 Å². The first-order valence-electron chi connectivity index (χ1n) is 7.16. The largest absolute Gasteiger partial charge is 0.497 e. The number of aromatic nitrogens is 1. The van der Waals surface area contributed by atoms with Crippen LogP contribution in [0.1, 0.15) is 15.9 Å². The number of para-hydroxylation sites is 1. The number of nitrogens with one attached hydrogen (secondary N) is 1. The van der Waals surface area contributed by atoms with Gasteiger partial charge < -0.3 is 9.72 Å². The molecule has 4 heteroatoms. The first-order valence-corrected chi connectivity index (χ1v) is 7.16. The van der Waals surface area contributed by atoms with Gasteiger partial charge in [-0.05, 0) is 53.9 Å². The van der Waals surface area contributed by atoms with E-state index in [-0.39, 0.29) is 11.3 Å². The molecule has 23 heavy (non-hydrogen) atoms. The zero-order chi connectivity index (χ0) is 16.2. The van der Waals surface area contributed by atoms with Gasteiger partial charge in [0, 0.05) is 16.6 Å². The van der Waals surface area contributed by atoms with E-state index >= 15 is 0 Å². The molecule has 0 atom stereocenters. The third-order valence-corrected chi connectivity index (χ3v) is 3.57. The summed E-state index contributed by atoms with van der Waals surface area (Å²) in [4.78, 5) is 27.0. The lowest BCUT2D eigenvalue weighted by atomic mass is 10.1. The number of aromatic amines is 1. The number of fused-ring (bicyclic) bond motifs is 1. The summed E-state index contributed by atoms with van der Waals surface area (Å²) in [5.74, 6) is 0.525. The standard InChI is InChI=1S/C19H15NO3/c1-23-16-9-6-13(7-10-16)18(21)11-8-15-12-14-4-2-3-5-17(14)20-19(15)22/h2-12H,1H3,(H,20,22)/b11-8+. The molecule has 0 fully saturated rings. The molecule has 114 valence electrons. The summed E-state index contributed by atoms with van der Waals surface area (Å²) in [7, 11) is 1.57. The van der Waals surface area contributed by atoms with Crippen molar-refractivity contribution in [1.82, 2.24) is 4.98 Å². The van der Waals surface area contributed by atoms with E-state index in [0.29, 0.717) is 16.9 Å². The minimum absolute atomic E-state index is 0.166. The molecule has 2 aromatic carbocycles. The molecular weight excluding hydrogens is 290 g/mol. The molecule has 0 saturated carbocycles. The van der Waals surface area contributed by atoms with Gasteiger partial charge in [0.25, 0.3) is 5.56 Å². The summed E-state index contributed by atoms with van der Waals surface area (Å²) < 4.78 is 5.06. The van der Waals surface area contributed by atoms with Crippen molar-refractivity contribution >= 4 is 22.8 Å². The fraction of sp³-hybridized carbons (Fsp3) is 0.0526. The topological polar surface area (TPSA) is 59.2 Å². The Labute approximate surface area is 133 Å². The molecule has 1 N–H and O–H groups in total. The zero-order valence-electron chi connectivity index (χ0n) is 12.6. The Kier molecular flexibility index (Phi) is 4.06. The van der Waals surface area contributed by atoms with Crippen molar-refractivity contribution in [2.24, 2.45) is 0 Å². The number of ether oxygens (including phenoxy) is 1. The van der Waals surface area contributed by atoms with Crippen LogP contribution in [0.5, 0.6) is 5.75 Å². The molecule has 0 aliphatic rings. The maximum atomic E-state index is 12.2. The van der Waals surface area contributed by atoms with Crippen LogP contribution in [-0.4, -0.2) is 17.9 Å². The highest BCUT2D eigenvalue weighted by Crippen LogP contribution is 2.13. The number of hydrogen-bond donors (Lipinski definition) is 1. The van der Waals surface area contributed by atoms with Crippen molar-refractivity contribution in [3.05, 3.63) is 82.2 Å². The molecule has 0 amide bonds. The van der Waals surface area contributed by atoms with Gasteiger partial charge in [-0.3, -0.25) is 9.59 Å². The second kappa shape index (κ2) is 6.32. The maximum Gasteiger partial charge on any atom is 0.255 e. The Morgan fingerprint density at radius 1 is 1.09 bits per heavy atom. The van der Waals surface area contributed by atoms with Gasteiger partial charge >= 0.3 is 0 Å². The highest BCUT2D eigenvalue weighted by molar-refractivity contribution is 6.07. The molecule has 0 unspecified atom stereocenters. The number of methoxy groups -OCH3 is 1. The number of H-pyrrole nitrogens is 1. The zero-order valence-corrected chi connectivity index (χ0v) is 12.6. The van der Waals surface area contributed by atoms with Crippen LogP contribution in [0.2, 0.25) is 0 Å². The first-order chi connectivity index (χ1) is 11.2. The van der Waals surface area contributed by atoms with Crippen molar-refractivity contribution in [2.75, 3.05) is 7.11 Å². The fourth-order valence-corrected chi connectivity index (χ4v) is 2.31. The van der Waals surface area contributed by atoms with Crippen LogP contribution in [0, 0.1) is 0 Å². The van der Waals surface area contributed by atoms with Crippen molar-refractivity contribution in [2.45, 2.75) is 0 Å². The Morgan fingerprint density at radius 2 is 1.83 bits per heavy atom. The first kappa shape index (κ1) is 14.8. The summed E-state index contributed by atoms with van der Waals surface area (Å²) in [6.07, 6.45) is 2.94. The molecule has 1 aromatic heterocycles. The summed E-state index contributed by atoms with van der Waals surface area (Å²) in [6, 6.07) is 16.1. The molecule has 3 aromatic rings. The maximum absolute atomic E-state index is 12.2. The third-order valence-electron chi connectivity index (χ3n) is 3.57. The van der Waals surface area contributed by atoms with Gasteiger partial charge in [-0.1, -0.05) is 18.2 Å². The minimum atomic E-state index is -0.220. The number of rotatable bonds is 4. The monoisotopic (exact) mass is 305 g/mol. The Bertz CT molecular complexity index is 937. The van der Waals surface area contributed by atoms with Crippen LogP contribution >= 0.6 is 0 Å². The van der Waals surface area contributed by atoms with E-state index in [9.17, 15) is 9.59 Å². The highest BCUT2D eigenvalue weighted by atomic mass is 16.5. The Morgan fingerprint density at radius 3 is 2.57 bits per heavy atom. The van der Waals surface area contributed by atoms with Gasteiger partial charge in [-0.2, -0.15) is 0 Å². The number of pyridine rings is 1. The number of hydrogen-bond acceptors (Lipinski definition) is 3. The number of ketones is 1. The van der Waals surface area contributed by atoms with Crippen LogP contribution in [0.4, 0.5) is 0 Å². The predicted molar refractivity (Wildman–Crippen MR) is 90.9 cm³/mol. The van der Waals surface area contributed by atoms with E-state index < -0.39 is 0 Å². The summed E-state index contributed by atoms with van der Waals surface area (Å²) >= 11 is 0. The second-order valence-corrected chi connectivity index (χ2v) is 5.07. The van der Waals surface area contributed by atoms with Gasteiger partial charge in [-0.25, -0.2) is 0 Å². The van der Waals surface area contributed by atoms with Crippen molar-refractivity contribution in [1.29, 1.82) is 0 Å². The number of allylic oxidation sites excluding steroid dienone is 1. The molecule has 4 nitrogen and oxygen atoms in total. The lowest BCUT2D eigenvalue weighted by Crippen LogP contribution is -2.09. The SMILES string of the molecule is COc1ccc(C(=O)/C=C/c2cc3ccccc3[nH]c2=O)cc1. The van der Waals surface area contributed by atoms with E-state index in [4.69, 9.17) is 4.74 Å². The average Bonchev–Trinajstić information content (AvgIpc) is 2.59. The van der Waals surface area contributed by atoms with Crippen molar-refractivity contribution in [3.8, 4) is 5.75 Å². The molecule has 0 saturated heterocycles. The lowest BCUT2D eigenvalue weighted by molar-refractivity contribution is 0.104. The van der Waals surface area contributed by atoms with Crippen LogP contribution in [0.25, 0.3) is 17.0 Å². The molecule has 3 rings (SSSR count). The van der Waals surface area contributed by atoms with Crippen LogP contribution in [-0.2, 0) is 0 Å². The van der Waals surface area contributed by atoms with Gasteiger partial charge in [0.15, 0.2) is 5.78 Å². The van der Waals surface area contributed by atoms with Crippen LogP contribution in [0.15, 0.2) is 65.5 Å². The predicted octanol–water partition coefficient (Wildman–Crippen LogP) is 3.43. The summed E-state index contributed by atoms with van der Waals surface area (Å²) in [5.41, 5.74) is 1.54. The van der Waals surface area contributed by atoms with Crippen LogP contribution < -0.4 is 10.3 Å². The molecular formula is C19H15NO3. The number of carbonyl (C=O) groups is 1. The van der Waals surface area contributed by atoms with Crippen molar-refractivity contribution < 1.29 is 9.53 Å². The minimum Gasteiger partial charge on any atom is -0.497 e. The smallest absolute Gasteiger partial charge is 0.255 e. The van der Waals surface area contributed by atoms with E-state index in [0.717, 1.165) is 10.9 Å². The Hall–Kier alpha value is -3.14. The molecule has 0 spiro atoms. The van der Waals surface area contributed by atoms with Gasteiger partial charge in [0.1, 0.15) is 5.75 Å². The van der Waals surface area contributed by atoms with Gasteiger partial charge in [0.05, 0.1) is 7.11 Å². The molecule has 0 bridgehead atoms. The van der Waals surface area contributed by atoms with Crippen molar-refractivity contribution in [3.63, 3.8) is 0 Å². The molecule has 0 aliphatic carbocycles. The van der Waals surface area contributed by atoms with E-state index in [1.165, 1.54) is 12.2 Å². The summed E-state index contributed by atoms with van der Waals surface area (Å²) in [6.45, 7) is 0. The van der Waals surface area contributed by atoms with E-state index in [1.54, 1.807) is 37.4 Å². The van der Waals surface area contributed by atoms with Gasteiger partial charge in [-0.15, -0.1) is 0 Å². The normalized spacial score (nSPS) is 11.0. The quantitative estimate of drug-likeness (QED) is 0.593. The van der Waals surface area contributed by atoms with Crippen LogP contribution in [0.3, 0.4) is 0 Å². The molecule has 0 aliphatic heterocycles. The second-order valence-electron chi connectivity index (χ2n) is 5.07. The van der Waals surface area contributed by atoms with E-state index in [1.807, 2.05) is 24.3 Å². The molecule has 1 heterocycles. The number of carbonyl (C=O) groups excluding carboxylic acids is 1. The Balaban J connectivity index is 1.88. The lowest BCUT2D eigenvalue weighted by Gasteiger charge is -2.01. The number of benzene rings is 2. The highest BCUT2D eigenvalue weighted by Gasteiger charge is 2.04. The summed E-state index contributed by atoms with van der Waals surface area (Å²) in [5, 5.41) is 0.920. The average molecular weight is 305 g/mol. The van der Waals surface area contributed by atoms with E-state index in [2.05, 4.69) is 4.98 Å². The third kappa shape index (κ3) is 3.21. The molecule has 0 radical (unpaired) electrons.